The number of unbranched alkanes of at least 4 members (excludes halogenated alkanes) is 4. The molecule has 0 radical (unpaired) electrons. The van der Waals surface area contributed by atoms with Gasteiger partial charge in [0, 0.05) is 6.42 Å². The highest BCUT2D eigenvalue weighted by Crippen LogP contribution is 2.09. The minimum Gasteiger partial charge on any atom is -0.262 e. The summed E-state index contributed by atoms with van der Waals surface area (Å²) in [5.41, 5.74) is 0. The second-order valence-corrected chi connectivity index (χ2v) is 2.92. The Kier molecular flexibility index (Phi) is 6.61. The second-order valence-electron chi connectivity index (χ2n) is 2.92. The maximum absolute atomic E-state index is 12.3. The summed E-state index contributed by atoms with van der Waals surface area (Å²) in [4.78, 5) is 8.99. The van der Waals surface area contributed by atoms with Crippen LogP contribution in [-0.4, -0.2) is 11.2 Å². The Morgan fingerprint density at radius 1 is 1.33 bits per heavy atom. The summed E-state index contributed by atoms with van der Waals surface area (Å²) >= 11 is 0. The molecule has 0 aliphatic carbocycles. The fourth-order valence-electron chi connectivity index (χ4n) is 1.02. The van der Waals surface area contributed by atoms with Crippen LogP contribution in [0.1, 0.15) is 45.4 Å². The molecule has 0 amide bonds. The zero-order valence-corrected chi connectivity index (χ0v) is 7.46. The lowest BCUT2D eigenvalue weighted by molar-refractivity contribution is -0.554. The molecule has 0 N–H and O–H groups in total. The Morgan fingerprint density at radius 2 is 1.92 bits per heavy atom. The van der Waals surface area contributed by atoms with Crippen LogP contribution in [0.25, 0.3) is 0 Å². The standard InChI is InChI=1S/C8H16FNO2/c1-2-3-4-5-6-7-8(9)10(11)12/h8H,2-7H2,1H3/t8-/m1/s1. The van der Waals surface area contributed by atoms with Crippen LogP contribution in [0.15, 0.2) is 0 Å². The molecule has 0 fully saturated rings. The molecule has 0 aromatic carbocycles. The first-order chi connectivity index (χ1) is 5.68. The molecule has 4 heteroatoms. The van der Waals surface area contributed by atoms with Crippen molar-refractivity contribution in [2.24, 2.45) is 0 Å². The fourth-order valence-corrected chi connectivity index (χ4v) is 1.02. The maximum atomic E-state index is 12.3. The van der Waals surface area contributed by atoms with Gasteiger partial charge in [0.15, 0.2) is 0 Å². The van der Waals surface area contributed by atoms with Crippen LogP contribution >= 0.6 is 0 Å². The predicted octanol–water partition coefficient (Wildman–Crippen LogP) is 2.92. The number of hydrogen-bond donors (Lipinski definition) is 0. The fraction of sp³-hybridized carbons (Fsp3) is 1.00. The summed E-state index contributed by atoms with van der Waals surface area (Å²) in [5, 5.41) is 9.85. The smallest absolute Gasteiger partial charge is 0.262 e. The minimum absolute atomic E-state index is 0.0662. The third kappa shape index (κ3) is 6.07. The van der Waals surface area contributed by atoms with Crippen molar-refractivity contribution in [3.05, 3.63) is 10.1 Å². The normalized spacial score (nSPS) is 12.8. The summed E-state index contributed by atoms with van der Waals surface area (Å²) in [6, 6.07) is 0. The summed E-state index contributed by atoms with van der Waals surface area (Å²) < 4.78 is 12.3. The van der Waals surface area contributed by atoms with E-state index in [1.807, 2.05) is 0 Å². The van der Waals surface area contributed by atoms with Gasteiger partial charge in [-0.1, -0.05) is 32.6 Å². The van der Waals surface area contributed by atoms with Gasteiger partial charge in [-0.3, -0.25) is 10.1 Å². The lowest BCUT2D eigenvalue weighted by atomic mass is 10.1. The average molecular weight is 177 g/mol. The van der Waals surface area contributed by atoms with Crippen molar-refractivity contribution in [3.63, 3.8) is 0 Å². The largest absolute Gasteiger partial charge is 0.349 e. The molecule has 0 rings (SSSR count). The molecule has 72 valence electrons. The first kappa shape index (κ1) is 11.3. The number of alkyl halides is 1. The van der Waals surface area contributed by atoms with Crippen molar-refractivity contribution in [1.82, 2.24) is 0 Å². The molecule has 0 aromatic heterocycles. The molecule has 1 atom stereocenters. The van der Waals surface area contributed by atoms with E-state index in [0.29, 0.717) is 6.42 Å². The zero-order chi connectivity index (χ0) is 9.40. The average Bonchev–Trinajstić information content (AvgIpc) is 2.03. The molecule has 0 spiro atoms. The van der Waals surface area contributed by atoms with Crippen LogP contribution in [0.4, 0.5) is 4.39 Å². The molecule has 0 bridgehead atoms. The van der Waals surface area contributed by atoms with Gasteiger partial charge in [0.25, 0.3) is 0 Å². The van der Waals surface area contributed by atoms with E-state index in [0.717, 1.165) is 25.7 Å². The Labute approximate surface area is 72.1 Å². The zero-order valence-electron chi connectivity index (χ0n) is 7.46. The summed E-state index contributed by atoms with van der Waals surface area (Å²) in [6.07, 6.45) is 3.07. The van der Waals surface area contributed by atoms with E-state index in [4.69, 9.17) is 0 Å². The summed E-state index contributed by atoms with van der Waals surface area (Å²) in [7, 11) is 0. The van der Waals surface area contributed by atoms with Crippen molar-refractivity contribution < 1.29 is 9.31 Å². The third-order valence-electron chi connectivity index (χ3n) is 1.77. The van der Waals surface area contributed by atoms with Gasteiger partial charge in [0.05, 0.1) is 4.92 Å². The second kappa shape index (κ2) is 7.00. The molecular formula is C8H16FNO2. The van der Waals surface area contributed by atoms with Gasteiger partial charge in [-0.05, 0) is 6.42 Å². The summed E-state index contributed by atoms with van der Waals surface area (Å²) in [6.45, 7) is 2.09. The monoisotopic (exact) mass is 177 g/mol. The molecule has 0 saturated carbocycles. The number of nitrogens with zero attached hydrogens (tertiary/aromatic N) is 1. The van der Waals surface area contributed by atoms with E-state index in [1.54, 1.807) is 0 Å². The predicted molar refractivity (Wildman–Crippen MR) is 45.3 cm³/mol. The number of nitro groups is 1. The minimum atomic E-state index is -1.85. The Hall–Kier alpha value is -0.670. The number of hydrogen-bond acceptors (Lipinski definition) is 2. The Balaban J connectivity index is 3.14. The van der Waals surface area contributed by atoms with Gasteiger partial charge >= 0.3 is 6.30 Å². The first-order valence-corrected chi connectivity index (χ1v) is 4.46. The van der Waals surface area contributed by atoms with E-state index < -0.39 is 11.2 Å². The van der Waals surface area contributed by atoms with E-state index >= 15 is 0 Å². The molecule has 3 nitrogen and oxygen atoms in total. The van der Waals surface area contributed by atoms with Gasteiger partial charge in [0.1, 0.15) is 0 Å². The SMILES string of the molecule is CCCCCCC[C@H](F)[N+](=O)[O-]. The molecule has 12 heavy (non-hydrogen) atoms. The third-order valence-corrected chi connectivity index (χ3v) is 1.77. The molecule has 0 aliphatic rings. The van der Waals surface area contributed by atoms with Gasteiger partial charge in [-0.2, -0.15) is 4.39 Å². The van der Waals surface area contributed by atoms with Crippen molar-refractivity contribution >= 4 is 0 Å². The molecule has 0 aromatic rings. The molecule has 0 heterocycles. The first-order valence-electron chi connectivity index (χ1n) is 4.46. The van der Waals surface area contributed by atoms with Gasteiger partial charge < -0.3 is 0 Å². The number of halogens is 1. The van der Waals surface area contributed by atoms with Crippen molar-refractivity contribution in [1.29, 1.82) is 0 Å². The highest BCUT2D eigenvalue weighted by molar-refractivity contribution is 4.45. The lowest BCUT2D eigenvalue weighted by Crippen LogP contribution is -2.12. The Morgan fingerprint density at radius 3 is 2.42 bits per heavy atom. The quantitative estimate of drug-likeness (QED) is 0.260. The molecular weight excluding hydrogens is 161 g/mol. The lowest BCUT2D eigenvalue weighted by Gasteiger charge is -1.99. The molecule has 0 saturated heterocycles. The highest BCUT2D eigenvalue weighted by Gasteiger charge is 2.15. The summed E-state index contributed by atoms with van der Waals surface area (Å²) in [5.74, 6) is 0. The molecule has 0 aliphatic heterocycles. The maximum Gasteiger partial charge on any atom is 0.349 e. The van der Waals surface area contributed by atoms with E-state index in [-0.39, 0.29) is 6.42 Å². The van der Waals surface area contributed by atoms with Crippen LogP contribution in [0, 0.1) is 10.1 Å². The van der Waals surface area contributed by atoms with E-state index in [2.05, 4.69) is 6.92 Å². The van der Waals surface area contributed by atoms with Gasteiger partial charge in [-0.15, -0.1) is 0 Å². The van der Waals surface area contributed by atoms with Crippen molar-refractivity contribution in [2.75, 3.05) is 0 Å². The Bertz CT molecular complexity index is 130. The van der Waals surface area contributed by atoms with Crippen molar-refractivity contribution in [3.8, 4) is 0 Å². The van der Waals surface area contributed by atoms with Crippen LogP contribution in [-0.2, 0) is 0 Å². The number of rotatable bonds is 7. The molecule has 0 unspecified atom stereocenters. The van der Waals surface area contributed by atoms with Crippen LogP contribution in [0.3, 0.4) is 0 Å². The van der Waals surface area contributed by atoms with Crippen LogP contribution in [0.2, 0.25) is 0 Å². The van der Waals surface area contributed by atoms with E-state index in [9.17, 15) is 14.5 Å². The van der Waals surface area contributed by atoms with Crippen LogP contribution < -0.4 is 0 Å². The van der Waals surface area contributed by atoms with Gasteiger partial charge in [0.2, 0.25) is 0 Å². The van der Waals surface area contributed by atoms with E-state index in [1.165, 1.54) is 0 Å². The topological polar surface area (TPSA) is 43.1 Å². The highest BCUT2D eigenvalue weighted by atomic mass is 19.1. The van der Waals surface area contributed by atoms with Crippen molar-refractivity contribution in [2.45, 2.75) is 51.7 Å². The van der Waals surface area contributed by atoms with Crippen LogP contribution in [0.5, 0.6) is 0 Å². The van der Waals surface area contributed by atoms with Gasteiger partial charge in [-0.25, -0.2) is 0 Å².